The van der Waals surface area contributed by atoms with Gasteiger partial charge >= 0.3 is 0 Å². The number of amidine groups is 1. The molecule has 42 valence electrons. The molecular formula is C3H11N4+. The molecule has 0 aliphatic rings. The second-order valence-electron chi connectivity index (χ2n) is 1.18. The van der Waals surface area contributed by atoms with Crippen LogP contribution in [-0.2, 0) is 0 Å². The molecule has 0 aliphatic heterocycles. The van der Waals surface area contributed by atoms with E-state index in [0.717, 1.165) is 0 Å². The maximum Gasteiger partial charge on any atom is 0.261 e. The summed E-state index contributed by atoms with van der Waals surface area (Å²) in [6.07, 6.45) is 0. The van der Waals surface area contributed by atoms with Crippen molar-refractivity contribution < 1.29 is 5.10 Å². The zero-order chi connectivity index (χ0) is 5.70. The number of hydrogen-bond acceptors (Lipinski definition) is 2. The van der Waals surface area contributed by atoms with E-state index in [2.05, 4.69) is 16.1 Å². The first-order chi connectivity index (χ1) is 3.27. The van der Waals surface area contributed by atoms with Crippen LogP contribution in [0.2, 0.25) is 0 Å². The second kappa shape index (κ2) is 3.42. The standard InChI is InChI=1S/C3H10N4/c1-3(4)6-7-5-2/h5,7H,1-2H3,(H2,4,6)/p+1. The highest BCUT2D eigenvalue weighted by atomic mass is 15.5. The minimum Gasteiger partial charge on any atom is -0.290 e. The van der Waals surface area contributed by atoms with Crippen molar-refractivity contribution in [1.82, 2.24) is 11.0 Å². The Morgan fingerprint density at radius 2 is 2.29 bits per heavy atom. The van der Waals surface area contributed by atoms with E-state index in [1.54, 1.807) is 14.0 Å². The molecule has 0 aromatic heterocycles. The van der Waals surface area contributed by atoms with Crippen LogP contribution in [0.3, 0.4) is 0 Å². The molecule has 0 amide bonds. The van der Waals surface area contributed by atoms with Gasteiger partial charge in [0.1, 0.15) is 0 Å². The van der Waals surface area contributed by atoms with E-state index in [0.29, 0.717) is 5.84 Å². The molecule has 0 aliphatic carbocycles. The van der Waals surface area contributed by atoms with Gasteiger partial charge in [-0.3, -0.25) is 5.73 Å². The Kier molecular flexibility index (Phi) is 3.04. The number of rotatable bonds is 2. The van der Waals surface area contributed by atoms with Crippen molar-refractivity contribution in [2.45, 2.75) is 6.92 Å². The lowest BCUT2D eigenvalue weighted by Gasteiger charge is -1.88. The van der Waals surface area contributed by atoms with Crippen LogP contribution in [-0.4, -0.2) is 12.9 Å². The first kappa shape index (κ1) is 6.23. The molecule has 7 heavy (non-hydrogen) atoms. The molecule has 0 aromatic rings. The first-order valence-corrected chi connectivity index (χ1v) is 2.04. The van der Waals surface area contributed by atoms with Gasteiger partial charge in [-0.1, -0.05) is 0 Å². The summed E-state index contributed by atoms with van der Waals surface area (Å²) in [5, 5.41) is 2.63. The minimum atomic E-state index is 0.634. The van der Waals surface area contributed by atoms with Crippen LogP contribution in [0.25, 0.3) is 0 Å². The van der Waals surface area contributed by atoms with Gasteiger partial charge in [0.15, 0.2) is 0 Å². The minimum absolute atomic E-state index is 0.634. The fourth-order valence-corrected chi connectivity index (χ4v) is 0.161. The Balaban J connectivity index is 3.08. The van der Waals surface area contributed by atoms with E-state index >= 15 is 0 Å². The van der Waals surface area contributed by atoms with Crippen LogP contribution in [0.15, 0.2) is 0 Å². The maximum atomic E-state index is 5.18. The smallest absolute Gasteiger partial charge is 0.261 e. The maximum absolute atomic E-state index is 5.18. The summed E-state index contributed by atoms with van der Waals surface area (Å²) in [5.74, 6) is 0.634. The highest BCUT2D eigenvalue weighted by Crippen LogP contribution is 1.27. The third kappa shape index (κ3) is 5.23. The molecule has 4 heteroatoms. The molecule has 0 radical (unpaired) electrons. The molecule has 5 N–H and O–H groups in total. The van der Waals surface area contributed by atoms with Gasteiger partial charge < -0.3 is 0 Å². The van der Waals surface area contributed by atoms with Crippen molar-refractivity contribution in [3.63, 3.8) is 0 Å². The topological polar surface area (TPSA) is 64.0 Å². The third-order valence-corrected chi connectivity index (χ3v) is 0.385. The van der Waals surface area contributed by atoms with Crippen LogP contribution in [0, 0.1) is 0 Å². The van der Waals surface area contributed by atoms with Gasteiger partial charge in [-0.25, -0.2) is 5.43 Å². The van der Waals surface area contributed by atoms with Gasteiger partial charge in [0.05, 0.1) is 0 Å². The molecule has 0 saturated carbocycles. The SMILES string of the molecule is CNN[NH+]=C(C)N. The Labute approximate surface area is 42.7 Å². The van der Waals surface area contributed by atoms with Crippen molar-refractivity contribution in [3.05, 3.63) is 0 Å². The fraction of sp³-hybridized carbons (Fsp3) is 0.667. The summed E-state index contributed by atoms with van der Waals surface area (Å²) < 4.78 is 0. The first-order valence-electron chi connectivity index (χ1n) is 2.04. The van der Waals surface area contributed by atoms with E-state index < -0.39 is 0 Å². The molecule has 0 saturated heterocycles. The molecule has 0 atom stereocenters. The predicted octanol–water partition coefficient (Wildman–Crippen LogP) is -2.92. The Hall–Kier alpha value is -0.770. The Morgan fingerprint density at radius 1 is 1.71 bits per heavy atom. The van der Waals surface area contributed by atoms with Gasteiger partial charge in [-0.15, -0.1) is 0 Å². The molecule has 0 aromatic carbocycles. The zero-order valence-electron chi connectivity index (χ0n) is 4.58. The lowest BCUT2D eigenvalue weighted by molar-refractivity contribution is -0.538. The average Bonchev–Trinajstić information content (AvgIpc) is 1.61. The molecule has 4 nitrogen and oxygen atoms in total. The summed E-state index contributed by atoms with van der Waals surface area (Å²) in [6.45, 7) is 1.75. The van der Waals surface area contributed by atoms with E-state index in [4.69, 9.17) is 5.73 Å². The van der Waals surface area contributed by atoms with E-state index in [1.807, 2.05) is 0 Å². The second-order valence-corrected chi connectivity index (χ2v) is 1.18. The largest absolute Gasteiger partial charge is 0.290 e. The van der Waals surface area contributed by atoms with E-state index in [1.165, 1.54) is 0 Å². The molecule has 0 rings (SSSR count). The summed E-state index contributed by atoms with van der Waals surface area (Å²) in [6, 6.07) is 0. The molecule has 0 heterocycles. The van der Waals surface area contributed by atoms with Crippen LogP contribution < -0.4 is 21.8 Å². The van der Waals surface area contributed by atoms with Gasteiger partial charge in [0.2, 0.25) is 0 Å². The number of nitrogens with two attached hydrogens (primary N) is 1. The van der Waals surface area contributed by atoms with Crippen LogP contribution in [0.5, 0.6) is 0 Å². The van der Waals surface area contributed by atoms with Gasteiger partial charge in [-0.05, 0) is 0 Å². The molecule has 0 spiro atoms. The normalized spacial score (nSPS) is 11.4. The van der Waals surface area contributed by atoms with Gasteiger partial charge in [0, 0.05) is 14.0 Å². The third-order valence-electron chi connectivity index (χ3n) is 0.385. The Bertz CT molecular complexity index is 63.3. The summed E-state index contributed by atoms with van der Waals surface area (Å²) in [7, 11) is 1.75. The van der Waals surface area contributed by atoms with E-state index in [-0.39, 0.29) is 0 Å². The fourth-order valence-electron chi connectivity index (χ4n) is 0.161. The number of hydrogen-bond donors (Lipinski definition) is 4. The highest BCUT2D eigenvalue weighted by Gasteiger charge is 1.77. The molecular weight excluding hydrogens is 92.1 g/mol. The Morgan fingerprint density at radius 3 is 2.43 bits per heavy atom. The van der Waals surface area contributed by atoms with Crippen molar-refractivity contribution in [2.75, 3.05) is 7.05 Å². The molecule has 0 fully saturated rings. The summed E-state index contributed by atoms with van der Waals surface area (Å²) >= 11 is 0. The quantitative estimate of drug-likeness (QED) is 0.172. The van der Waals surface area contributed by atoms with Crippen molar-refractivity contribution in [3.8, 4) is 0 Å². The van der Waals surface area contributed by atoms with Gasteiger partial charge in [-0.2, -0.15) is 10.6 Å². The predicted molar refractivity (Wildman–Crippen MR) is 28.0 cm³/mol. The van der Waals surface area contributed by atoms with Crippen molar-refractivity contribution in [2.24, 2.45) is 5.73 Å². The van der Waals surface area contributed by atoms with Crippen molar-refractivity contribution >= 4 is 5.84 Å². The monoisotopic (exact) mass is 103 g/mol. The van der Waals surface area contributed by atoms with E-state index in [9.17, 15) is 0 Å². The summed E-state index contributed by atoms with van der Waals surface area (Å²) in [4.78, 5) is 0. The lowest BCUT2D eigenvalue weighted by atomic mass is 10.7. The average molecular weight is 103 g/mol. The highest BCUT2D eigenvalue weighted by molar-refractivity contribution is 5.70. The number of nitrogens with one attached hydrogen (secondary N) is 3. The number of hydrazone groups is 1. The van der Waals surface area contributed by atoms with Gasteiger partial charge in [0.25, 0.3) is 5.84 Å². The van der Waals surface area contributed by atoms with Crippen molar-refractivity contribution in [1.29, 1.82) is 0 Å². The van der Waals surface area contributed by atoms with Crippen LogP contribution in [0.1, 0.15) is 6.92 Å². The zero-order valence-corrected chi connectivity index (χ0v) is 4.58. The van der Waals surface area contributed by atoms with Crippen LogP contribution >= 0.6 is 0 Å². The summed E-state index contributed by atoms with van der Waals surface area (Å²) in [5.41, 5.74) is 10.4. The molecule has 0 unspecified atom stereocenters. The van der Waals surface area contributed by atoms with Crippen LogP contribution in [0.4, 0.5) is 0 Å². The lowest BCUT2D eigenvalue weighted by Crippen LogP contribution is -2.87. The molecule has 0 bridgehead atoms. The number of hydrazine groups is 2.